The van der Waals surface area contributed by atoms with Gasteiger partial charge in [0.1, 0.15) is 0 Å². The van der Waals surface area contributed by atoms with Crippen LogP contribution in [0.15, 0.2) is 42.5 Å². The summed E-state index contributed by atoms with van der Waals surface area (Å²) < 4.78 is 0. The van der Waals surface area contributed by atoms with Crippen molar-refractivity contribution in [3.05, 3.63) is 63.6 Å². The molecule has 0 saturated carbocycles. The van der Waals surface area contributed by atoms with Gasteiger partial charge in [-0.2, -0.15) is 0 Å². The first-order chi connectivity index (χ1) is 9.88. The number of amides is 1. The van der Waals surface area contributed by atoms with Crippen LogP contribution < -0.4 is 5.73 Å². The predicted molar refractivity (Wildman–Crippen MR) is 87.8 cm³/mol. The average molecular weight is 323 g/mol. The number of carbonyl (C=O) groups is 1. The third kappa shape index (κ3) is 3.69. The van der Waals surface area contributed by atoms with Crippen molar-refractivity contribution in [1.29, 1.82) is 0 Å². The zero-order valence-corrected chi connectivity index (χ0v) is 13.3. The maximum Gasteiger partial charge on any atom is 0.254 e. The molecule has 2 aromatic carbocycles. The second-order valence-corrected chi connectivity index (χ2v) is 5.79. The molecule has 110 valence electrons. The standard InChI is InChI=1S/C16H16Cl2N2O/c1-10(11-4-3-5-13(17)6-11)20(2)16(21)12-7-14(18)9-15(19)8-12/h3-10H,19H2,1-2H3. The van der Waals surface area contributed by atoms with Crippen molar-refractivity contribution in [2.45, 2.75) is 13.0 Å². The molecule has 0 bridgehead atoms. The van der Waals surface area contributed by atoms with Gasteiger partial charge < -0.3 is 10.6 Å². The molecule has 1 amide bonds. The first-order valence-corrected chi connectivity index (χ1v) is 7.23. The van der Waals surface area contributed by atoms with Gasteiger partial charge >= 0.3 is 0 Å². The summed E-state index contributed by atoms with van der Waals surface area (Å²) >= 11 is 11.9. The Morgan fingerprint density at radius 2 is 1.86 bits per heavy atom. The topological polar surface area (TPSA) is 46.3 Å². The summed E-state index contributed by atoms with van der Waals surface area (Å²) in [5, 5.41) is 1.09. The molecule has 5 heteroatoms. The molecule has 0 aliphatic heterocycles. The molecule has 2 N–H and O–H groups in total. The van der Waals surface area contributed by atoms with Crippen LogP contribution in [0, 0.1) is 0 Å². The van der Waals surface area contributed by atoms with E-state index in [1.807, 2.05) is 25.1 Å². The van der Waals surface area contributed by atoms with Crippen molar-refractivity contribution in [1.82, 2.24) is 4.90 Å². The Labute approximate surface area is 134 Å². The SMILES string of the molecule is CC(c1cccc(Cl)c1)N(C)C(=O)c1cc(N)cc(Cl)c1. The van der Waals surface area contributed by atoms with Crippen molar-refractivity contribution in [3.63, 3.8) is 0 Å². The van der Waals surface area contributed by atoms with Crippen molar-refractivity contribution in [3.8, 4) is 0 Å². The number of nitrogens with zero attached hydrogens (tertiary/aromatic N) is 1. The van der Waals surface area contributed by atoms with Gasteiger partial charge in [-0.15, -0.1) is 0 Å². The molecule has 3 nitrogen and oxygen atoms in total. The molecule has 1 unspecified atom stereocenters. The first kappa shape index (κ1) is 15.7. The van der Waals surface area contributed by atoms with E-state index in [2.05, 4.69) is 0 Å². The summed E-state index contributed by atoms with van der Waals surface area (Å²) in [5.74, 6) is -0.142. The van der Waals surface area contributed by atoms with Crippen LogP contribution in [-0.4, -0.2) is 17.9 Å². The number of hydrogen-bond donors (Lipinski definition) is 1. The number of carbonyl (C=O) groups excluding carboxylic acids is 1. The molecule has 0 fully saturated rings. The number of halogens is 2. The van der Waals surface area contributed by atoms with Crippen LogP contribution in [-0.2, 0) is 0 Å². The lowest BCUT2D eigenvalue weighted by atomic mass is 10.1. The minimum absolute atomic E-state index is 0.114. The van der Waals surface area contributed by atoms with Gasteiger partial charge in [-0.3, -0.25) is 4.79 Å². The number of hydrogen-bond acceptors (Lipinski definition) is 2. The second-order valence-electron chi connectivity index (χ2n) is 4.92. The molecule has 1 atom stereocenters. The highest BCUT2D eigenvalue weighted by molar-refractivity contribution is 6.31. The lowest BCUT2D eigenvalue weighted by molar-refractivity contribution is 0.0742. The van der Waals surface area contributed by atoms with Crippen LogP contribution in [0.1, 0.15) is 28.9 Å². The highest BCUT2D eigenvalue weighted by Gasteiger charge is 2.19. The molecule has 0 radical (unpaired) electrons. The van der Waals surface area contributed by atoms with Gasteiger partial charge in [0.25, 0.3) is 5.91 Å². The number of nitrogen functional groups attached to an aromatic ring is 1. The zero-order chi connectivity index (χ0) is 15.6. The van der Waals surface area contributed by atoms with Crippen molar-refractivity contribution < 1.29 is 4.79 Å². The summed E-state index contributed by atoms with van der Waals surface area (Å²) in [6.45, 7) is 1.94. The van der Waals surface area contributed by atoms with E-state index in [1.165, 1.54) is 0 Å². The van der Waals surface area contributed by atoms with Gasteiger partial charge in [-0.1, -0.05) is 35.3 Å². The second kappa shape index (κ2) is 6.37. The van der Waals surface area contributed by atoms with Crippen LogP contribution in [0.25, 0.3) is 0 Å². The van der Waals surface area contributed by atoms with Crippen LogP contribution in [0.4, 0.5) is 5.69 Å². The fourth-order valence-electron chi connectivity index (χ4n) is 2.11. The van der Waals surface area contributed by atoms with Crippen molar-refractivity contribution in [2.75, 3.05) is 12.8 Å². The third-order valence-corrected chi connectivity index (χ3v) is 3.85. The molecular formula is C16H16Cl2N2O. The predicted octanol–water partition coefficient (Wildman–Crippen LogP) is 4.41. The van der Waals surface area contributed by atoms with Crippen LogP contribution >= 0.6 is 23.2 Å². The molecule has 0 aliphatic rings. The van der Waals surface area contributed by atoms with Crippen LogP contribution in [0.5, 0.6) is 0 Å². The van der Waals surface area contributed by atoms with E-state index < -0.39 is 0 Å². The number of anilines is 1. The quantitative estimate of drug-likeness (QED) is 0.851. The summed E-state index contributed by atoms with van der Waals surface area (Å²) in [5.41, 5.74) is 7.63. The highest BCUT2D eigenvalue weighted by Crippen LogP contribution is 2.25. The largest absolute Gasteiger partial charge is 0.399 e. The van der Waals surface area contributed by atoms with E-state index in [0.29, 0.717) is 21.3 Å². The van der Waals surface area contributed by atoms with Crippen LogP contribution in [0.3, 0.4) is 0 Å². The molecule has 21 heavy (non-hydrogen) atoms. The first-order valence-electron chi connectivity index (χ1n) is 6.47. The molecule has 0 heterocycles. The minimum atomic E-state index is -0.142. The third-order valence-electron chi connectivity index (χ3n) is 3.40. The smallest absolute Gasteiger partial charge is 0.254 e. The Bertz CT molecular complexity index is 653. The normalized spacial score (nSPS) is 12.0. The van der Waals surface area contributed by atoms with Gasteiger partial charge in [0.2, 0.25) is 0 Å². The maximum absolute atomic E-state index is 12.5. The van der Waals surface area contributed by atoms with Gasteiger partial charge in [0.15, 0.2) is 0 Å². The minimum Gasteiger partial charge on any atom is -0.399 e. The van der Waals surface area contributed by atoms with E-state index in [9.17, 15) is 4.79 Å². The number of rotatable bonds is 3. The van der Waals surface area contributed by atoms with Crippen molar-refractivity contribution >= 4 is 34.8 Å². The van der Waals surface area contributed by atoms with E-state index >= 15 is 0 Å². The molecule has 0 saturated heterocycles. The Kier molecular flexibility index (Phi) is 4.76. The van der Waals surface area contributed by atoms with E-state index in [1.54, 1.807) is 36.2 Å². The van der Waals surface area contributed by atoms with E-state index in [0.717, 1.165) is 5.56 Å². The van der Waals surface area contributed by atoms with E-state index in [4.69, 9.17) is 28.9 Å². The van der Waals surface area contributed by atoms with Gasteiger partial charge in [0, 0.05) is 28.3 Å². The van der Waals surface area contributed by atoms with Crippen LogP contribution in [0.2, 0.25) is 10.0 Å². The monoisotopic (exact) mass is 322 g/mol. The fraction of sp³-hybridized carbons (Fsp3) is 0.188. The summed E-state index contributed by atoms with van der Waals surface area (Å²) in [7, 11) is 1.74. The molecule has 2 rings (SSSR count). The zero-order valence-electron chi connectivity index (χ0n) is 11.8. The lowest BCUT2D eigenvalue weighted by Gasteiger charge is -2.25. The summed E-state index contributed by atoms with van der Waals surface area (Å²) in [4.78, 5) is 14.2. The molecular weight excluding hydrogens is 307 g/mol. The Hall–Kier alpha value is -1.71. The Morgan fingerprint density at radius 3 is 2.48 bits per heavy atom. The Morgan fingerprint density at radius 1 is 1.14 bits per heavy atom. The van der Waals surface area contributed by atoms with Gasteiger partial charge in [-0.05, 0) is 42.8 Å². The van der Waals surface area contributed by atoms with E-state index in [-0.39, 0.29) is 11.9 Å². The number of benzene rings is 2. The fourth-order valence-corrected chi connectivity index (χ4v) is 2.55. The molecule has 0 aliphatic carbocycles. The molecule has 0 aromatic heterocycles. The van der Waals surface area contributed by atoms with Gasteiger partial charge in [-0.25, -0.2) is 0 Å². The number of nitrogens with two attached hydrogens (primary N) is 1. The maximum atomic E-state index is 12.5. The molecule has 2 aromatic rings. The van der Waals surface area contributed by atoms with Gasteiger partial charge in [0.05, 0.1) is 6.04 Å². The van der Waals surface area contributed by atoms with Crippen molar-refractivity contribution in [2.24, 2.45) is 0 Å². The summed E-state index contributed by atoms with van der Waals surface area (Å²) in [6.07, 6.45) is 0. The summed E-state index contributed by atoms with van der Waals surface area (Å²) in [6, 6.07) is 12.2. The lowest BCUT2D eigenvalue weighted by Crippen LogP contribution is -2.29. The average Bonchev–Trinajstić information content (AvgIpc) is 2.44. The molecule has 0 spiro atoms. The Balaban J connectivity index is 2.26. The highest BCUT2D eigenvalue weighted by atomic mass is 35.5.